The van der Waals surface area contributed by atoms with Crippen LogP contribution in [0.1, 0.15) is 11.1 Å². The maximum Gasteiger partial charge on any atom is 0.142 e. The van der Waals surface area contributed by atoms with Crippen molar-refractivity contribution in [3.8, 4) is 0 Å². The topological polar surface area (TPSA) is 53.1 Å². The van der Waals surface area contributed by atoms with Gasteiger partial charge >= 0.3 is 0 Å². The molecule has 20 heavy (non-hydrogen) atoms. The van der Waals surface area contributed by atoms with Crippen LogP contribution in [0, 0.1) is 11.2 Å². The first-order chi connectivity index (χ1) is 9.50. The van der Waals surface area contributed by atoms with Crippen molar-refractivity contribution in [2.45, 2.75) is 6.54 Å². The molecular weight excluding hydrogens is 277 g/mol. The predicted molar refractivity (Wildman–Crippen MR) is 81.0 cm³/mol. The fraction of sp³-hybridized carbons (Fsp3) is 0.133. The van der Waals surface area contributed by atoms with E-state index in [0.29, 0.717) is 17.7 Å². The molecule has 0 radical (unpaired) electrons. The fourth-order valence-electron chi connectivity index (χ4n) is 2.05. The molecule has 2 aromatic rings. The van der Waals surface area contributed by atoms with E-state index in [0.717, 1.165) is 5.69 Å². The highest BCUT2D eigenvalue weighted by Crippen LogP contribution is 2.25. The largest absolute Gasteiger partial charge is 0.384 e. The number of rotatable bonds is 4. The van der Waals surface area contributed by atoms with Gasteiger partial charge in [-0.25, -0.2) is 4.39 Å². The number of nitrogen functional groups attached to an aromatic ring is 1. The number of nitrogens with two attached hydrogens (primary N) is 1. The van der Waals surface area contributed by atoms with E-state index in [1.807, 2.05) is 30.1 Å². The van der Waals surface area contributed by atoms with Gasteiger partial charge in [-0.15, -0.1) is 0 Å². The highest BCUT2D eigenvalue weighted by Gasteiger charge is 2.12. The van der Waals surface area contributed by atoms with Gasteiger partial charge in [-0.1, -0.05) is 35.9 Å². The smallest absolute Gasteiger partial charge is 0.142 e. The Hall–Kier alpha value is -2.07. The summed E-state index contributed by atoms with van der Waals surface area (Å²) in [7, 11) is 1.85. The van der Waals surface area contributed by atoms with Crippen LogP contribution in [0.3, 0.4) is 0 Å². The van der Waals surface area contributed by atoms with Gasteiger partial charge in [0.15, 0.2) is 0 Å². The Labute approximate surface area is 122 Å². The van der Waals surface area contributed by atoms with E-state index in [4.69, 9.17) is 22.7 Å². The van der Waals surface area contributed by atoms with Gasteiger partial charge in [0.2, 0.25) is 0 Å². The number of nitrogens with one attached hydrogen (secondary N) is 1. The van der Waals surface area contributed by atoms with Crippen LogP contribution in [0.5, 0.6) is 0 Å². The van der Waals surface area contributed by atoms with E-state index < -0.39 is 5.82 Å². The number of anilines is 1. The Morgan fingerprint density at radius 3 is 2.65 bits per heavy atom. The lowest BCUT2D eigenvalue weighted by atomic mass is 10.1. The maximum atomic E-state index is 13.4. The van der Waals surface area contributed by atoms with E-state index in [1.54, 1.807) is 18.2 Å². The van der Waals surface area contributed by atoms with Gasteiger partial charge in [0, 0.05) is 24.8 Å². The minimum absolute atomic E-state index is 0.00205. The van der Waals surface area contributed by atoms with Crippen LogP contribution in [-0.2, 0) is 6.54 Å². The van der Waals surface area contributed by atoms with Crippen LogP contribution < -0.4 is 10.6 Å². The van der Waals surface area contributed by atoms with E-state index in [-0.39, 0.29) is 10.9 Å². The van der Waals surface area contributed by atoms with Crippen molar-refractivity contribution in [3.05, 3.63) is 64.4 Å². The number of hydrogen-bond donors (Lipinski definition) is 2. The second-order valence-corrected chi connectivity index (χ2v) is 4.88. The zero-order valence-corrected chi connectivity index (χ0v) is 11.8. The average molecular weight is 292 g/mol. The minimum atomic E-state index is -0.433. The molecule has 0 saturated heterocycles. The molecule has 3 N–H and O–H groups in total. The zero-order chi connectivity index (χ0) is 14.7. The standard InChI is InChI=1S/C15H15ClFN3/c1-20(9-10-5-4-7-12(17)14(10)16)13-8-3-2-6-11(13)15(18)19/h2-8H,9H2,1H3,(H3,18,19). The summed E-state index contributed by atoms with van der Waals surface area (Å²) in [6.45, 7) is 0.431. The van der Waals surface area contributed by atoms with Crippen molar-refractivity contribution < 1.29 is 4.39 Å². The number of amidine groups is 1. The molecule has 0 aliphatic carbocycles. The second-order valence-electron chi connectivity index (χ2n) is 4.50. The molecule has 0 saturated carbocycles. The first-order valence-corrected chi connectivity index (χ1v) is 6.46. The summed E-state index contributed by atoms with van der Waals surface area (Å²) in [5.74, 6) is -0.435. The Balaban J connectivity index is 2.31. The molecule has 104 valence electrons. The Bertz CT molecular complexity index is 643. The van der Waals surface area contributed by atoms with Crippen molar-refractivity contribution in [3.63, 3.8) is 0 Å². The van der Waals surface area contributed by atoms with E-state index >= 15 is 0 Å². The summed E-state index contributed by atoms with van der Waals surface area (Å²) < 4.78 is 13.4. The lowest BCUT2D eigenvalue weighted by molar-refractivity contribution is 0.625. The molecular formula is C15H15ClFN3. The van der Waals surface area contributed by atoms with Crippen LogP contribution >= 0.6 is 11.6 Å². The van der Waals surface area contributed by atoms with Crippen molar-refractivity contribution in [1.29, 1.82) is 5.41 Å². The van der Waals surface area contributed by atoms with Gasteiger partial charge in [-0.3, -0.25) is 5.41 Å². The third-order valence-electron chi connectivity index (χ3n) is 3.04. The summed E-state index contributed by atoms with van der Waals surface area (Å²) in [5.41, 5.74) is 7.70. The third kappa shape index (κ3) is 2.91. The maximum absolute atomic E-state index is 13.4. The first kappa shape index (κ1) is 14.3. The van der Waals surface area contributed by atoms with Crippen LogP contribution in [0.2, 0.25) is 5.02 Å². The van der Waals surface area contributed by atoms with Crippen LogP contribution in [-0.4, -0.2) is 12.9 Å². The van der Waals surface area contributed by atoms with Gasteiger partial charge in [0.25, 0.3) is 0 Å². The molecule has 0 heterocycles. The van der Waals surface area contributed by atoms with Gasteiger partial charge < -0.3 is 10.6 Å². The van der Waals surface area contributed by atoms with Crippen molar-refractivity contribution >= 4 is 23.1 Å². The monoisotopic (exact) mass is 291 g/mol. The number of benzene rings is 2. The predicted octanol–water partition coefficient (Wildman–Crippen LogP) is 3.40. The van der Waals surface area contributed by atoms with Crippen molar-refractivity contribution in [2.24, 2.45) is 5.73 Å². The van der Waals surface area contributed by atoms with Crippen molar-refractivity contribution in [2.75, 3.05) is 11.9 Å². The number of hydrogen-bond acceptors (Lipinski definition) is 2. The molecule has 0 bridgehead atoms. The van der Waals surface area contributed by atoms with Crippen LogP contribution in [0.25, 0.3) is 0 Å². The highest BCUT2D eigenvalue weighted by molar-refractivity contribution is 6.31. The summed E-state index contributed by atoms with van der Waals surface area (Å²) in [4.78, 5) is 1.89. The summed E-state index contributed by atoms with van der Waals surface area (Å²) in [6, 6.07) is 12.1. The van der Waals surface area contributed by atoms with E-state index in [9.17, 15) is 4.39 Å². The number of para-hydroxylation sites is 1. The van der Waals surface area contributed by atoms with Gasteiger partial charge in [0.1, 0.15) is 11.7 Å². The Kier molecular flexibility index (Phi) is 4.25. The SMILES string of the molecule is CN(Cc1cccc(F)c1Cl)c1ccccc1C(=N)N. The Morgan fingerprint density at radius 2 is 1.95 bits per heavy atom. The molecule has 2 aromatic carbocycles. The lowest BCUT2D eigenvalue weighted by Crippen LogP contribution is -2.22. The van der Waals surface area contributed by atoms with Gasteiger partial charge in [-0.2, -0.15) is 0 Å². The molecule has 0 unspecified atom stereocenters. The number of halogens is 2. The normalized spacial score (nSPS) is 10.3. The quantitative estimate of drug-likeness (QED) is 0.670. The molecule has 0 amide bonds. The molecule has 0 aliphatic heterocycles. The third-order valence-corrected chi connectivity index (χ3v) is 3.47. The Morgan fingerprint density at radius 1 is 1.25 bits per heavy atom. The summed E-state index contributed by atoms with van der Waals surface area (Å²) in [6.07, 6.45) is 0. The minimum Gasteiger partial charge on any atom is -0.384 e. The second kappa shape index (κ2) is 5.92. The van der Waals surface area contributed by atoms with Crippen molar-refractivity contribution in [1.82, 2.24) is 0 Å². The molecule has 0 aliphatic rings. The molecule has 0 aromatic heterocycles. The molecule has 5 heteroatoms. The van der Waals surface area contributed by atoms with E-state index in [1.165, 1.54) is 6.07 Å². The van der Waals surface area contributed by atoms with Crippen LogP contribution in [0.4, 0.5) is 10.1 Å². The molecule has 0 spiro atoms. The molecule has 0 atom stereocenters. The molecule has 2 rings (SSSR count). The number of nitrogens with zero attached hydrogens (tertiary/aromatic N) is 1. The van der Waals surface area contributed by atoms with Gasteiger partial charge in [0.05, 0.1) is 5.02 Å². The molecule has 3 nitrogen and oxygen atoms in total. The average Bonchev–Trinajstić information content (AvgIpc) is 2.43. The highest BCUT2D eigenvalue weighted by atomic mass is 35.5. The van der Waals surface area contributed by atoms with Gasteiger partial charge in [-0.05, 0) is 23.8 Å². The van der Waals surface area contributed by atoms with Crippen LogP contribution in [0.15, 0.2) is 42.5 Å². The fourth-order valence-corrected chi connectivity index (χ4v) is 2.23. The first-order valence-electron chi connectivity index (χ1n) is 6.08. The lowest BCUT2D eigenvalue weighted by Gasteiger charge is -2.22. The zero-order valence-electron chi connectivity index (χ0n) is 11.0. The summed E-state index contributed by atoms with van der Waals surface area (Å²) in [5, 5.41) is 7.72. The molecule has 0 fully saturated rings. The van der Waals surface area contributed by atoms with E-state index in [2.05, 4.69) is 0 Å². The summed E-state index contributed by atoms with van der Waals surface area (Å²) >= 11 is 5.96.